The van der Waals surface area contributed by atoms with Crippen molar-refractivity contribution < 1.29 is 25.2 Å². The van der Waals surface area contributed by atoms with Crippen molar-refractivity contribution in [2.75, 3.05) is 25.6 Å². The van der Waals surface area contributed by atoms with Crippen LogP contribution in [-0.2, 0) is 35.1 Å². The van der Waals surface area contributed by atoms with Crippen LogP contribution in [0.3, 0.4) is 0 Å². The Balaban J connectivity index is 2.09. The Morgan fingerprint density at radius 3 is 1.82 bits per heavy atom. The predicted molar refractivity (Wildman–Crippen MR) is 81.2 cm³/mol. The highest BCUT2D eigenvalue weighted by atomic mass is 32.2. The lowest BCUT2D eigenvalue weighted by molar-refractivity contribution is 0.102. The third kappa shape index (κ3) is 5.65. The van der Waals surface area contributed by atoms with E-state index in [-0.39, 0.29) is 13.1 Å². The van der Waals surface area contributed by atoms with E-state index in [1.54, 1.807) is 0 Å². The minimum atomic E-state index is -3.69. The van der Waals surface area contributed by atoms with Gasteiger partial charge in [-0.15, -0.1) is 0 Å². The van der Waals surface area contributed by atoms with Gasteiger partial charge in [0.05, 0.1) is 12.5 Å². The molecule has 1 aliphatic heterocycles. The van der Waals surface area contributed by atoms with Gasteiger partial charge in [-0.05, 0) is 5.56 Å². The van der Waals surface area contributed by atoms with Gasteiger partial charge in [0.2, 0.25) is 0 Å². The Labute approximate surface area is 131 Å². The third-order valence-corrected chi connectivity index (χ3v) is 4.33. The van der Waals surface area contributed by atoms with E-state index in [2.05, 4.69) is 0 Å². The third-order valence-electron chi connectivity index (χ3n) is 3.14. The van der Waals surface area contributed by atoms with Gasteiger partial charge in [0.1, 0.15) is 12.2 Å². The molecule has 9 heteroatoms. The van der Waals surface area contributed by atoms with E-state index in [9.17, 15) is 16.8 Å². The summed E-state index contributed by atoms with van der Waals surface area (Å²) < 4.78 is 55.2. The van der Waals surface area contributed by atoms with Gasteiger partial charge in [-0.3, -0.25) is 13.3 Å². The zero-order chi connectivity index (χ0) is 16.4. The Morgan fingerprint density at radius 2 is 1.41 bits per heavy atom. The Morgan fingerprint density at radius 1 is 0.955 bits per heavy atom. The average Bonchev–Trinajstić information content (AvgIpc) is 2.67. The largest absolute Gasteiger partial charge is 0.294 e. The lowest BCUT2D eigenvalue weighted by atomic mass is 10.2. The molecule has 0 bridgehead atoms. The van der Waals surface area contributed by atoms with Crippen LogP contribution in [0.1, 0.15) is 5.56 Å². The van der Waals surface area contributed by atoms with Gasteiger partial charge in [-0.2, -0.15) is 16.8 Å². The fourth-order valence-electron chi connectivity index (χ4n) is 2.42. The molecule has 1 saturated heterocycles. The molecule has 0 aliphatic carbocycles. The average molecular weight is 349 g/mol. The Hall–Kier alpha value is -1.00. The molecule has 0 aromatic heterocycles. The zero-order valence-corrected chi connectivity index (χ0v) is 14.0. The molecule has 0 saturated carbocycles. The standard InChI is InChI=1S/C13H19NO6S2/c1-21(15,16)19-12-9-14(8-11-6-4-3-5-7-11)10-13(12)20-22(2,17)18/h3-7,12-13H,8-10H2,1-2H3/t12-,13+. The number of benzene rings is 1. The van der Waals surface area contributed by atoms with Crippen molar-refractivity contribution in [2.24, 2.45) is 0 Å². The number of nitrogens with zero attached hydrogens (tertiary/aromatic N) is 1. The van der Waals surface area contributed by atoms with Gasteiger partial charge >= 0.3 is 0 Å². The van der Waals surface area contributed by atoms with E-state index in [4.69, 9.17) is 8.37 Å². The summed E-state index contributed by atoms with van der Waals surface area (Å²) in [5, 5.41) is 0. The Bertz CT molecular complexity index is 659. The SMILES string of the molecule is CS(=O)(=O)O[C@H]1CN(Cc2ccccc2)C[C@H]1OS(C)(=O)=O. The first-order valence-corrected chi connectivity index (χ1v) is 10.3. The number of rotatable bonds is 6. The van der Waals surface area contributed by atoms with Crippen LogP contribution >= 0.6 is 0 Å². The lowest BCUT2D eigenvalue weighted by Crippen LogP contribution is -2.33. The number of hydrogen-bond donors (Lipinski definition) is 0. The minimum Gasteiger partial charge on any atom is -0.294 e. The second-order valence-corrected chi connectivity index (χ2v) is 8.56. The molecule has 0 amide bonds. The van der Waals surface area contributed by atoms with Crippen molar-refractivity contribution in [3.8, 4) is 0 Å². The van der Waals surface area contributed by atoms with Crippen LogP contribution in [0.4, 0.5) is 0 Å². The minimum absolute atomic E-state index is 0.280. The summed E-state index contributed by atoms with van der Waals surface area (Å²) in [6, 6.07) is 9.59. The molecule has 1 aliphatic rings. The van der Waals surface area contributed by atoms with E-state index < -0.39 is 32.4 Å². The fraction of sp³-hybridized carbons (Fsp3) is 0.538. The molecular weight excluding hydrogens is 330 g/mol. The molecule has 0 unspecified atom stereocenters. The first-order chi connectivity index (χ1) is 10.1. The normalized spacial score (nSPS) is 23.7. The summed E-state index contributed by atoms with van der Waals surface area (Å²) >= 11 is 0. The van der Waals surface area contributed by atoms with Crippen molar-refractivity contribution in [3.63, 3.8) is 0 Å². The van der Waals surface area contributed by atoms with E-state index in [1.807, 2.05) is 35.2 Å². The van der Waals surface area contributed by atoms with Gasteiger partial charge in [0, 0.05) is 19.6 Å². The summed E-state index contributed by atoms with van der Waals surface area (Å²) in [5.41, 5.74) is 1.04. The van der Waals surface area contributed by atoms with E-state index in [0.29, 0.717) is 6.54 Å². The highest BCUT2D eigenvalue weighted by Gasteiger charge is 2.38. The van der Waals surface area contributed by atoms with Crippen molar-refractivity contribution in [1.82, 2.24) is 4.90 Å². The quantitative estimate of drug-likeness (QED) is 0.677. The smallest absolute Gasteiger partial charge is 0.264 e. The number of likely N-dealkylation sites (tertiary alicyclic amines) is 1. The van der Waals surface area contributed by atoms with Gasteiger partial charge < -0.3 is 0 Å². The first-order valence-electron chi connectivity index (χ1n) is 6.65. The topological polar surface area (TPSA) is 90.0 Å². The zero-order valence-electron chi connectivity index (χ0n) is 12.4. The molecular formula is C13H19NO6S2. The van der Waals surface area contributed by atoms with Gasteiger partial charge in [0.25, 0.3) is 20.2 Å². The maximum Gasteiger partial charge on any atom is 0.264 e. The molecule has 2 rings (SSSR count). The summed E-state index contributed by atoms with van der Waals surface area (Å²) in [5.74, 6) is 0. The molecule has 1 aromatic rings. The summed E-state index contributed by atoms with van der Waals surface area (Å²) in [6.07, 6.45) is 0.191. The van der Waals surface area contributed by atoms with Crippen LogP contribution in [0.15, 0.2) is 30.3 Å². The van der Waals surface area contributed by atoms with Crippen molar-refractivity contribution in [3.05, 3.63) is 35.9 Å². The molecule has 0 radical (unpaired) electrons. The molecule has 0 N–H and O–H groups in total. The second-order valence-electron chi connectivity index (χ2n) is 5.36. The molecule has 22 heavy (non-hydrogen) atoms. The second kappa shape index (κ2) is 6.63. The fourth-order valence-corrected chi connectivity index (χ4v) is 3.69. The van der Waals surface area contributed by atoms with Crippen LogP contribution in [0.5, 0.6) is 0 Å². The highest BCUT2D eigenvalue weighted by Crippen LogP contribution is 2.21. The summed E-state index contributed by atoms with van der Waals surface area (Å²) in [4.78, 5) is 1.90. The molecule has 124 valence electrons. The molecule has 0 spiro atoms. The van der Waals surface area contributed by atoms with Gasteiger partial charge in [-0.25, -0.2) is 0 Å². The first kappa shape index (κ1) is 17.4. The van der Waals surface area contributed by atoms with Crippen LogP contribution in [0.2, 0.25) is 0 Å². The van der Waals surface area contributed by atoms with E-state index in [0.717, 1.165) is 18.1 Å². The monoisotopic (exact) mass is 349 g/mol. The van der Waals surface area contributed by atoms with Crippen LogP contribution in [-0.4, -0.2) is 59.5 Å². The van der Waals surface area contributed by atoms with E-state index >= 15 is 0 Å². The van der Waals surface area contributed by atoms with Crippen molar-refractivity contribution >= 4 is 20.2 Å². The van der Waals surface area contributed by atoms with E-state index in [1.165, 1.54) is 0 Å². The van der Waals surface area contributed by atoms with Crippen LogP contribution in [0.25, 0.3) is 0 Å². The van der Waals surface area contributed by atoms with Crippen molar-refractivity contribution in [2.45, 2.75) is 18.8 Å². The highest BCUT2D eigenvalue weighted by molar-refractivity contribution is 7.86. The maximum atomic E-state index is 11.3. The van der Waals surface area contributed by atoms with Crippen LogP contribution < -0.4 is 0 Å². The summed E-state index contributed by atoms with van der Waals surface area (Å²) in [7, 11) is -7.39. The predicted octanol–water partition coefficient (Wildman–Crippen LogP) is 0.192. The number of hydrogen-bond acceptors (Lipinski definition) is 7. The molecule has 1 heterocycles. The molecule has 2 atom stereocenters. The Kier molecular flexibility index (Phi) is 5.23. The van der Waals surface area contributed by atoms with Crippen molar-refractivity contribution in [1.29, 1.82) is 0 Å². The van der Waals surface area contributed by atoms with Crippen LogP contribution in [0, 0.1) is 0 Å². The lowest BCUT2D eigenvalue weighted by Gasteiger charge is -2.16. The molecule has 7 nitrogen and oxygen atoms in total. The maximum absolute atomic E-state index is 11.3. The van der Waals surface area contributed by atoms with Gasteiger partial charge in [-0.1, -0.05) is 30.3 Å². The molecule has 1 aromatic carbocycles. The van der Waals surface area contributed by atoms with Gasteiger partial charge in [0.15, 0.2) is 0 Å². The summed E-state index contributed by atoms with van der Waals surface area (Å²) in [6.45, 7) is 1.12. The molecule has 1 fully saturated rings.